The van der Waals surface area contributed by atoms with Crippen molar-refractivity contribution in [2.24, 2.45) is 15.9 Å². The second-order valence-corrected chi connectivity index (χ2v) is 7.53. The van der Waals surface area contributed by atoms with E-state index in [0.29, 0.717) is 18.4 Å². The Morgan fingerprint density at radius 2 is 1.84 bits per heavy atom. The van der Waals surface area contributed by atoms with Crippen LogP contribution < -0.4 is 5.32 Å². The van der Waals surface area contributed by atoms with Crippen LogP contribution in [-0.4, -0.2) is 43.5 Å². The first-order chi connectivity index (χ1) is 15.4. The lowest BCUT2D eigenvalue weighted by atomic mass is 9.99. The molecule has 0 aromatic rings. The van der Waals surface area contributed by atoms with Crippen molar-refractivity contribution in [2.45, 2.75) is 80.3 Å². The van der Waals surface area contributed by atoms with Crippen molar-refractivity contribution in [3.8, 4) is 0 Å². The van der Waals surface area contributed by atoms with Gasteiger partial charge in [-0.05, 0) is 71.2 Å². The van der Waals surface area contributed by atoms with Crippen LogP contribution in [0, 0.1) is 5.92 Å². The van der Waals surface area contributed by atoms with Crippen molar-refractivity contribution in [3.05, 3.63) is 49.4 Å². The quantitative estimate of drug-likeness (QED) is 0.341. The minimum absolute atomic E-state index is 0.167. The van der Waals surface area contributed by atoms with E-state index in [1.165, 1.54) is 12.8 Å². The summed E-state index contributed by atoms with van der Waals surface area (Å²) < 4.78 is 11.3. The summed E-state index contributed by atoms with van der Waals surface area (Å²) in [6.07, 6.45) is 12.5. The van der Waals surface area contributed by atoms with Gasteiger partial charge < -0.3 is 14.8 Å². The Balaban J connectivity index is 0. The fourth-order valence-corrected chi connectivity index (χ4v) is 2.45. The van der Waals surface area contributed by atoms with Gasteiger partial charge in [0.25, 0.3) is 0 Å². The molecule has 0 spiro atoms. The van der Waals surface area contributed by atoms with E-state index in [1.807, 2.05) is 52.8 Å². The normalized spacial score (nSPS) is 15.9. The first-order valence-corrected chi connectivity index (χ1v) is 12.1. The van der Waals surface area contributed by atoms with Crippen LogP contribution in [0.2, 0.25) is 0 Å². The predicted octanol–water partition coefficient (Wildman–Crippen LogP) is 6.89. The summed E-state index contributed by atoms with van der Waals surface area (Å²) in [6.45, 7) is 27.2. The zero-order valence-corrected chi connectivity index (χ0v) is 22.0. The van der Waals surface area contributed by atoms with Crippen LogP contribution in [0.15, 0.2) is 59.4 Å². The third kappa shape index (κ3) is 16.5. The number of rotatable bonds is 7. The van der Waals surface area contributed by atoms with Gasteiger partial charge in [-0.2, -0.15) is 0 Å². The molecule has 2 heterocycles. The molecule has 0 saturated carbocycles. The maximum atomic E-state index is 5.80. The molecule has 2 rings (SSSR count). The number of piperidine rings is 1. The smallest absolute Gasteiger partial charge is 0.231 e. The van der Waals surface area contributed by atoms with Gasteiger partial charge in [0.15, 0.2) is 0 Å². The molecule has 2 aliphatic heterocycles. The largest absolute Gasteiger partial charge is 0.494 e. The van der Waals surface area contributed by atoms with Crippen LogP contribution in [0.5, 0.6) is 0 Å². The highest BCUT2D eigenvalue weighted by Gasteiger charge is 2.20. The van der Waals surface area contributed by atoms with Crippen LogP contribution in [0.1, 0.15) is 74.7 Å². The number of hydrogen-bond acceptors (Lipinski definition) is 5. The molecule has 1 N–H and O–H groups in total. The molecule has 0 amide bonds. The van der Waals surface area contributed by atoms with E-state index in [-0.39, 0.29) is 5.60 Å². The Bertz CT molecular complexity index is 610. The van der Waals surface area contributed by atoms with Gasteiger partial charge in [-0.15, -0.1) is 0 Å². The highest BCUT2D eigenvalue weighted by atomic mass is 16.5. The number of aliphatic imine (C=N–C) groups is 2. The second-order valence-electron chi connectivity index (χ2n) is 7.53. The highest BCUT2D eigenvalue weighted by Crippen LogP contribution is 2.15. The van der Waals surface area contributed by atoms with Crippen LogP contribution in [0.4, 0.5) is 0 Å². The number of hydrogen-bond donors (Lipinski definition) is 1. The van der Waals surface area contributed by atoms with Gasteiger partial charge in [-0.1, -0.05) is 59.9 Å². The van der Waals surface area contributed by atoms with E-state index in [2.05, 4.69) is 49.2 Å². The zero-order valence-electron chi connectivity index (χ0n) is 22.0. The summed E-state index contributed by atoms with van der Waals surface area (Å²) in [5.41, 5.74) is 0.681. The Morgan fingerprint density at radius 3 is 2.41 bits per heavy atom. The number of nitrogens with zero attached hydrogens (tertiary/aromatic N) is 2. The lowest BCUT2D eigenvalue weighted by Gasteiger charge is -2.25. The molecule has 0 aromatic carbocycles. The molecule has 1 saturated heterocycles. The average molecular weight is 448 g/mol. The standard InChI is InChI=1S/C12H19NO.C11H18N2O.2C2H6/c1-3-4-5-11(2)14-10-12-6-8-13-9-7-12;1-5-11(3,4)14-10-9(2)12-7-6-8-13-10;2*1-2/h3-5,12-13H,1-2,6-10H2;6-7H,5,8H2,1-4H3;2*1-2H3/b5-4-;;;. The van der Waals surface area contributed by atoms with Gasteiger partial charge in [-0.3, -0.25) is 4.99 Å². The molecule has 0 bridgehead atoms. The summed E-state index contributed by atoms with van der Waals surface area (Å²) in [7, 11) is 0. The SMILES string of the molecule is C=C/C=C\C(=C)OCC1CCNCC1.CC.CC.CCC(C)(C)OC1=NCC=CN=C1C. The van der Waals surface area contributed by atoms with Crippen molar-refractivity contribution < 1.29 is 9.47 Å². The van der Waals surface area contributed by atoms with E-state index in [0.717, 1.165) is 37.6 Å². The summed E-state index contributed by atoms with van der Waals surface area (Å²) in [5.74, 6) is 2.08. The fraction of sp³-hybridized carbons (Fsp3) is 0.630. The summed E-state index contributed by atoms with van der Waals surface area (Å²) >= 11 is 0. The minimum Gasteiger partial charge on any atom is -0.494 e. The van der Waals surface area contributed by atoms with E-state index in [9.17, 15) is 0 Å². The van der Waals surface area contributed by atoms with E-state index >= 15 is 0 Å². The molecule has 5 nitrogen and oxygen atoms in total. The van der Waals surface area contributed by atoms with Gasteiger partial charge in [0.2, 0.25) is 5.90 Å². The third-order valence-corrected chi connectivity index (χ3v) is 4.63. The number of allylic oxidation sites excluding steroid dienone is 3. The van der Waals surface area contributed by atoms with Crippen LogP contribution >= 0.6 is 0 Å². The summed E-state index contributed by atoms with van der Waals surface area (Å²) in [6, 6.07) is 0. The Kier molecular flexibility index (Phi) is 20.8. The highest BCUT2D eigenvalue weighted by molar-refractivity contribution is 6.38. The van der Waals surface area contributed by atoms with Crippen molar-refractivity contribution >= 4 is 11.6 Å². The topological polar surface area (TPSA) is 55.2 Å². The fourth-order valence-electron chi connectivity index (χ4n) is 2.45. The zero-order chi connectivity index (χ0) is 24.8. The molecule has 5 heteroatoms. The van der Waals surface area contributed by atoms with E-state index in [1.54, 1.807) is 12.3 Å². The van der Waals surface area contributed by atoms with Crippen LogP contribution in [0.3, 0.4) is 0 Å². The van der Waals surface area contributed by atoms with Crippen LogP contribution in [0.25, 0.3) is 0 Å². The maximum absolute atomic E-state index is 5.80. The van der Waals surface area contributed by atoms with Gasteiger partial charge in [0, 0.05) is 6.20 Å². The van der Waals surface area contributed by atoms with E-state index < -0.39 is 0 Å². The molecule has 2 aliphatic rings. The third-order valence-electron chi connectivity index (χ3n) is 4.63. The average Bonchev–Trinajstić information content (AvgIpc) is 3.03. The molecule has 0 atom stereocenters. The monoisotopic (exact) mass is 447 g/mol. The molecule has 32 heavy (non-hydrogen) atoms. The second kappa shape index (κ2) is 20.7. The summed E-state index contributed by atoms with van der Waals surface area (Å²) in [4.78, 5) is 8.52. The summed E-state index contributed by atoms with van der Waals surface area (Å²) in [5, 5.41) is 3.33. The Hall–Kier alpha value is -2.14. The van der Waals surface area contributed by atoms with Gasteiger partial charge in [-0.25, -0.2) is 4.99 Å². The predicted molar refractivity (Wildman–Crippen MR) is 143 cm³/mol. The molecule has 0 radical (unpaired) electrons. The van der Waals surface area contributed by atoms with Gasteiger partial charge in [0.05, 0.1) is 18.9 Å². The molecular formula is C27H49N3O2. The Morgan fingerprint density at radius 1 is 1.22 bits per heavy atom. The first kappa shape index (κ1) is 32.0. The molecule has 0 unspecified atom stereocenters. The molecule has 184 valence electrons. The molecule has 0 aromatic heterocycles. The first-order valence-electron chi connectivity index (χ1n) is 12.1. The van der Waals surface area contributed by atoms with Gasteiger partial charge in [0.1, 0.15) is 11.4 Å². The number of ether oxygens (including phenoxy) is 2. The Labute approximate surface area is 198 Å². The van der Waals surface area contributed by atoms with Crippen LogP contribution in [-0.2, 0) is 9.47 Å². The van der Waals surface area contributed by atoms with Crippen molar-refractivity contribution in [1.82, 2.24) is 5.32 Å². The minimum atomic E-state index is -0.167. The van der Waals surface area contributed by atoms with E-state index in [4.69, 9.17) is 9.47 Å². The van der Waals surface area contributed by atoms with Crippen molar-refractivity contribution in [2.75, 3.05) is 26.2 Å². The lowest BCUT2D eigenvalue weighted by molar-refractivity contribution is 0.0945. The molecular weight excluding hydrogens is 398 g/mol. The number of nitrogens with one attached hydrogen (secondary N) is 1. The maximum Gasteiger partial charge on any atom is 0.231 e. The van der Waals surface area contributed by atoms with Gasteiger partial charge >= 0.3 is 0 Å². The molecule has 0 aliphatic carbocycles. The molecule has 1 fully saturated rings. The van der Waals surface area contributed by atoms with Crippen molar-refractivity contribution in [3.63, 3.8) is 0 Å². The van der Waals surface area contributed by atoms with Crippen molar-refractivity contribution in [1.29, 1.82) is 0 Å². The lowest BCUT2D eigenvalue weighted by Crippen LogP contribution is -2.30.